The summed E-state index contributed by atoms with van der Waals surface area (Å²) in [4.78, 5) is 2.50. The predicted octanol–water partition coefficient (Wildman–Crippen LogP) is 4.77. The van der Waals surface area contributed by atoms with E-state index in [0.717, 1.165) is 32.4 Å². The minimum Gasteiger partial charge on any atom is -0.390 e. The van der Waals surface area contributed by atoms with E-state index in [9.17, 15) is 5.11 Å². The van der Waals surface area contributed by atoms with Gasteiger partial charge in [-0.1, -0.05) is 73.5 Å². The molecule has 1 aliphatic rings. The van der Waals surface area contributed by atoms with Crippen LogP contribution in [0.1, 0.15) is 50.2 Å². The molecule has 0 radical (unpaired) electrons. The Balaban J connectivity index is 1.72. The molecule has 0 amide bonds. The van der Waals surface area contributed by atoms with Gasteiger partial charge in [-0.2, -0.15) is 0 Å². The molecule has 1 saturated carbocycles. The van der Waals surface area contributed by atoms with Gasteiger partial charge in [-0.25, -0.2) is 0 Å². The van der Waals surface area contributed by atoms with Crippen molar-refractivity contribution in [1.29, 1.82) is 0 Å². The van der Waals surface area contributed by atoms with Gasteiger partial charge < -0.3 is 5.11 Å². The van der Waals surface area contributed by atoms with Crippen molar-refractivity contribution in [3.05, 3.63) is 71.8 Å². The average molecular weight is 323 g/mol. The lowest BCUT2D eigenvalue weighted by atomic mass is 9.92. The lowest BCUT2D eigenvalue weighted by Crippen LogP contribution is -2.39. The first-order chi connectivity index (χ1) is 11.6. The van der Waals surface area contributed by atoms with Crippen LogP contribution < -0.4 is 0 Å². The monoisotopic (exact) mass is 323 g/mol. The molecule has 0 aromatic heterocycles. The Morgan fingerprint density at radius 2 is 1.33 bits per heavy atom. The van der Waals surface area contributed by atoms with E-state index in [1.54, 1.807) is 0 Å². The number of benzene rings is 2. The Morgan fingerprint density at radius 1 is 0.875 bits per heavy atom. The molecule has 2 aromatic carbocycles. The summed E-state index contributed by atoms with van der Waals surface area (Å²) in [6.07, 6.45) is 5.12. The minimum absolute atomic E-state index is 0.355. The van der Waals surface area contributed by atoms with Crippen LogP contribution in [0.25, 0.3) is 0 Å². The van der Waals surface area contributed by atoms with Gasteiger partial charge in [0.15, 0.2) is 0 Å². The normalized spacial score (nSPS) is 18.0. The Hall–Kier alpha value is -1.64. The summed E-state index contributed by atoms with van der Waals surface area (Å²) < 4.78 is 0. The van der Waals surface area contributed by atoms with Crippen LogP contribution in [0.3, 0.4) is 0 Å². The summed E-state index contributed by atoms with van der Waals surface area (Å²) in [5.41, 5.74) is 2.21. The van der Waals surface area contributed by atoms with Gasteiger partial charge in [0.2, 0.25) is 0 Å². The van der Waals surface area contributed by atoms with E-state index in [1.807, 2.05) is 0 Å². The van der Waals surface area contributed by atoms with Crippen LogP contribution in [0.4, 0.5) is 0 Å². The van der Waals surface area contributed by atoms with Crippen molar-refractivity contribution >= 4 is 0 Å². The predicted molar refractivity (Wildman–Crippen MR) is 99.6 cm³/mol. The van der Waals surface area contributed by atoms with Gasteiger partial charge >= 0.3 is 0 Å². The second kappa shape index (κ2) is 7.96. The summed E-state index contributed by atoms with van der Waals surface area (Å²) in [5, 5.41) is 10.8. The molecule has 1 N–H and O–H groups in total. The van der Waals surface area contributed by atoms with Gasteiger partial charge in [-0.05, 0) is 37.3 Å². The fourth-order valence-electron chi connectivity index (χ4n) is 3.92. The standard InChI is InChI=1S/C22H29NO/c1-19(16-22(24)14-8-9-15-22)23(17-20-10-4-2-5-11-20)18-21-12-6-3-7-13-21/h2-7,10-13,19,24H,8-9,14-18H2,1H3/t19-/m1/s1. The van der Waals surface area contributed by atoms with E-state index < -0.39 is 5.60 Å². The van der Waals surface area contributed by atoms with E-state index in [0.29, 0.717) is 6.04 Å². The van der Waals surface area contributed by atoms with Gasteiger partial charge in [0.05, 0.1) is 5.60 Å². The van der Waals surface area contributed by atoms with Crippen LogP contribution in [0.2, 0.25) is 0 Å². The molecular weight excluding hydrogens is 294 g/mol. The van der Waals surface area contributed by atoms with Crippen LogP contribution in [-0.4, -0.2) is 21.6 Å². The van der Waals surface area contributed by atoms with Gasteiger partial charge in [0, 0.05) is 19.1 Å². The van der Waals surface area contributed by atoms with Crippen molar-refractivity contribution < 1.29 is 5.11 Å². The van der Waals surface area contributed by atoms with Crippen LogP contribution in [0, 0.1) is 0 Å². The fourth-order valence-corrected chi connectivity index (χ4v) is 3.92. The zero-order valence-electron chi connectivity index (χ0n) is 14.7. The molecule has 1 aliphatic carbocycles. The summed E-state index contributed by atoms with van der Waals surface area (Å²) in [6, 6.07) is 21.7. The van der Waals surface area contributed by atoms with Crippen molar-refractivity contribution in [2.75, 3.05) is 0 Å². The molecule has 0 unspecified atom stereocenters. The molecule has 128 valence electrons. The minimum atomic E-state index is -0.453. The smallest absolute Gasteiger partial charge is 0.0662 e. The molecule has 2 heteroatoms. The number of nitrogens with zero attached hydrogens (tertiary/aromatic N) is 1. The quantitative estimate of drug-likeness (QED) is 0.793. The number of rotatable bonds is 7. The molecule has 0 saturated heterocycles. The summed E-state index contributed by atoms with van der Waals surface area (Å²) >= 11 is 0. The highest BCUT2D eigenvalue weighted by Gasteiger charge is 2.34. The van der Waals surface area contributed by atoms with E-state index in [4.69, 9.17) is 0 Å². The third-order valence-electron chi connectivity index (χ3n) is 5.29. The first kappa shape index (κ1) is 17.2. The zero-order valence-corrected chi connectivity index (χ0v) is 14.7. The van der Waals surface area contributed by atoms with E-state index in [-0.39, 0.29) is 0 Å². The molecule has 2 nitrogen and oxygen atoms in total. The third kappa shape index (κ3) is 4.68. The summed E-state index contributed by atoms with van der Waals surface area (Å²) in [6.45, 7) is 4.11. The Kier molecular flexibility index (Phi) is 5.70. The van der Waals surface area contributed by atoms with Crippen molar-refractivity contribution in [3.8, 4) is 0 Å². The molecule has 3 rings (SSSR count). The highest BCUT2D eigenvalue weighted by molar-refractivity contribution is 5.17. The Labute approximate surface area is 146 Å². The van der Waals surface area contributed by atoms with Crippen LogP contribution >= 0.6 is 0 Å². The SMILES string of the molecule is C[C@H](CC1(O)CCCC1)N(Cc1ccccc1)Cc1ccccc1. The molecule has 1 fully saturated rings. The maximum atomic E-state index is 10.8. The maximum absolute atomic E-state index is 10.8. The molecule has 0 aliphatic heterocycles. The number of aliphatic hydroxyl groups is 1. The second-order valence-corrected chi connectivity index (χ2v) is 7.36. The van der Waals surface area contributed by atoms with Gasteiger partial charge in [-0.15, -0.1) is 0 Å². The average Bonchev–Trinajstić information content (AvgIpc) is 3.02. The number of hydrogen-bond donors (Lipinski definition) is 1. The molecule has 0 spiro atoms. The largest absolute Gasteiger partial charge is 0.390 e. The van der Waals surface area contributed by atoms with Crippen molar-refractivity contribution in [2.24, 2.45) is 0 Å². The fraction of sp³-hybridized carbons (Fsp3) is 0.455. The Bertz CT molecular complexity index is 563. The summed E-state index contributed by atoms with van der Waals surface area (Å²) in [7, 11) is 0. The van der Waals surface area contributed by atoms with Crippen molar-refractivity contribution in [2.45, 2.75) is 63.8 Å². The van der Waals surface area contributed by atoms with Gasteiger partial charge in [-0.3, -0.25) is 4.90 Å². The van der Waals surface area contributed by atoms with Crippen LogP contribution in [-0.2, 0) is 13.1 Å². The van der Waals surface area contributed by atoms with Crippen LogP contribution in [0.15, 0.2) is 60.7 Å². The Morgan fingerprint density at radius 3 is 1.79 bits per heavy atom. The first-order valence-electron chi connectivity index (χ1n) is 9.19. The zero-order chi connectivity index (χ0) is 16.8. The highest BCUT2D eigenvalue weighted by Crippen LogP contribution is 2.34. The molecule has 24 heavy (non-hydrogen) atoms. The lowest BCUT2D eigenvalue weighted by molar-refractivity contribution is 0.00771. The molecule has 1 atom stereocenters. The number of hydrogen-bond acceptors (Lipinski definition) is 2. The van der Waals surface area contributed by atoms with Crippen molar-refractivity contribution in [1.82, 2.24) is 4.90 Å². The molecule has 0 bridgehead atoms. The summed E-state index contributed by atoms with van der Waals surface area (Å²) in [5.74, 6) is 0. The van der Waals surface area contributed by atoms with Gasteiger partial charge in [0.1, 0.15) is 0 Å². The molecule has 0 heterocycles. The van der Waals surface area contributed by atoms with Crippen molar-refractivity contribution in [3.63, 3.8) is 0 Å². The topological polar surface area (TPSA) is 23.5 Å². The van der Waals surface area contributed by atoms with Crippen LogP contribution in [0.5, 0.6) is 0 Å². The van der Waals surface area contributed by atoms with E-state index in [1.165, 1.54) is 24.0 Å². The molecular formula is C22H29NO. The molecule has 2 aromatic rings. The van der Waals surface area contributed by atoms with E-state index in [2.05, 4.69) is 72.5 Å². The van der Waals surface area contributed by atoms with Gasteiger partial charge in [0.25, 0.3) is 0 Å². The van der Waals surface area contributed by atoms with E-state index >= 15 is 0 Å². The second-order valence-electron chi connectivity index (χ2n) is 7.36. The third-order valence-corrected chi connectivity index (χ3v) is 5.29. The lowest BCUT2D eigenvalue weighted by Gasteiger charge is -2.34. The first-order valence-corrected chi connectivity index (χ1v) is 9.19. The maximum Gasteiger partial charge on any atom is 0.0662 e. The highest BCUT2D eigenvalue weighted by atomic mass is 16.3.